The highest BCUT2D eigenvalue weighted by Gasteiger charge is 2.28. The lowest BCUT2D eigenvalue weighted by Crippen LogP contribution is -2.49. The molecule has 0 bridgehead atoms. The second-order valence-corrected chi connectivity index (χ2v) is 13.0. The molecule has 260 valence electrons. The second kappa shape index (κ2) is 13.4. The fourth-order valence-electron chi connectivity index (χ4n) is 7.27. The van der Waals surface area contributed by atoms with Gasteiger partial charge in [-0.1, -0.05) is 29.5 Å². The Morgan fingerprint density at radius 3 is 2.61 bits per heavy atom. The van der Waals surface area contributed by atoms with Gasteiger partial charge in [0.15, 0.2) is 5.82 Å². The molecule has 0 atom stereocenters. The Balaban J connectivity index is 1.09. The van der Waals surface area contributed by atoms with Crippen LogP contribution in [0.25, 0.3) is 33.3 Å². The van der Waals surface area contributed by atoms with Crippen molar-refractivity contribution < 1.29 is 18.7 Å². The average Bonchev–Trinajstić information content (AvgIpc) is 3.96. The number of anilines is 1. The molecule has 2 aromatic carbocycles. The first-order valence-corrected chi connectivity index (χ1v) is 17.2. The summed E-state index contributed by atoms with van der Waals surface area (Å²) in [5, 5.41) is 8.34. The van der Waals surface area contributed by atoms with Crippen molar-refractivity contribution in [2.75, 3.05) is 51.3 Å². The summed E-state index contributed by atoms with van der Waals surface area (Å²) in [6.07, 6.45) is 12.0. The molecule has 6 aromatic rings. The van der Waals surface area contributed by atoms with Gasteiger partial charge < -0.3 is 28.8 Å². The van der Waals surface area contributed by atoms with Crippen LogP contribution in [0.2, 0.25) is 0 Å². The fraction of sp³-hybridized carbons (Fsp3) is 0.289. The largest absolute Gasteiger partial charge is 0.496 e. The topological polar surface area (TPSA) is 117 Å². The Kier molecular flexibility index (Phi) is 8.46. The molecule has 13 heteroatoms. The van der Waals surface area contributed by atoms with Crippen molar-refractivity contribution in [3.05, 3.63) is 102 Å². The van der Waals surface area contributed by atoms with Gasteiger partial charge in [0.2, 0.25) is 5.91 Å². The van der Waals surface area contributed by atoms with E-state index in [4.69, 9.17) is 4.74 Å². The molecule has 2 aliphatic heterocycles. The van der Waals surface area contributed by atoms with E-state index < -0.39 is 5.82 Å². The number of fused-ring (bicyclic) bond motifs is 2. The molecular formula is C38H38FN9O3. The molecule has 1 fully saturated rings. The van der Waals surface area contributed by atoms with E-state index in [1.54, 1.807) is 41.3 Å². The lowest BCUT2D eigenvalue weighted by Gasteiger charge is -2.36. The van der Waals surface area contributed by atoms with Gasteiger partial charge in [0.1, 0.15) is 17.1 Å². The number of carbonyl (C=O) groups excluding carboxylic acids is 2. The maximum atomic E-state index is 16.7. The van der Waals surface area contributed by atoms with Gasteiger partial charge in [-0.2, -0.15) is 0 Å². The minimum atomic E-state index is -0.457. The van der Waals surface area contributed by atoms with Gasteiger partial charge in [0, 0.05) is 87.0 Å². The molecule has 51 heavy (non-hydrogen) atoms. The molecule has 6 heterocycles. The number of hydrogen-bond acceptors (Lipinski definition) is 7. The maximum absolute atomic E-state index is 16.7. The number of aryl methyl sites for hydroxylation is 2. The highest BCUT2D eigenvalue weighted by molar-refractivity contribution is 6.05. The van der Waals surface area contributed by atoms with Crippen molar-refractivity contribution in [3.63, 3.8) is 0 Å². The quantitative estimate of drug-likeness (QED) is 0.234. The van der Waals surface area contributed by atoms with Gasteiger partial charge in [0.25, 0.3) is 5.91 Å². The zero-order valence-electron chi connectivity index (χ0n) is 28.5. The Bertz CT molecular complexity index is 2280. The number of halogens is 1. The maximum Gasteiger partial charge on any atom is 0.270 e. The lowest BCUT2D eigenvalue weighted by molar-refractivity contribution is -0.131. The van der Waals surface area contributed by atoms with Gasteiger partial charge in [-0.05, 0) is 54.3 Å². The summed E-state index contributed by atoms with van der Waals surface area (Å²) < 4.78 is 26.1. The number of imidazole rings is 1. The average molecular weight is 688 g/mol. The molecule has 12 nitrogen and oxygen atoms in total. The molecule has 0 spiro atoms. The number of pyridine rings is 1. The van der Waals surface area contributed by atoms with Gasteiger partial charge in [-0.15, -0.1) is 5.10 Å². The van der Waals surface area contributed by atoms with Gasteiger partial charge in [-0.25, -0.2) is 9.37 Å². The van der Waals surface area contributed by atoms with Crippen LogP contribution in [-0.4, -0.2) is 97.4 Å². The molecule has 1 saturated heterocycles. The number of para-hydroxylation sites is 1. The zero-order chi connectivity index (χ0) is 35.1. The molecule has 2 aliphatic rings. The first kappa shape index (κ1) is 32.2. The van der Waals surface area contributed by atoms with E-state index in [9.17, 15) is 9.59 Å². The number of piperazine rings is 1. The minimum absolute atomic E-state index is 0.0344. The van der Waals surface area contributed by atoms with E-state index in [0.717, 1.165) is 28.0 Å². The number of rotatable bonds is 8. The highest BCUT2D eigenvalue weighted by atomic mass is 19.1. The van der Waals surface area contributed by atoms with Crippen LogP contribution in [0.5, 0.6) is 5.75 Å². The molecule has 4 aromatic heterocycles. The molecule has 0 saturated carbocycles. The van der Waals surface area contributed by atoms with E-state index in [1.807, 2.05) is 51.9 Å². The first-order chi connectivity index (χ1) is 24.9. The third-order valence-corrected chi connectivity index (χ3v) is 9.97. The number of nitrogens with zero attached hydrogens (tertiary/aromatic N) is 8. The summed E-state index contributed by atoms with van der Waals surface area (Å²) in [7, 11) is 1.60. The van der Waals surface area contributed by atoms with Gasteiger partial charge in [0.05, 0.1) is 31.1 Å². The van der Waals surface area contributed by atoms with Crippen LogP contribution in [0, 0.1) is 12.7 Å². The number of methoxy groups -OCH3 is 1. The summed E-state index contributed by atoms with van der Waals surface area (Å²) >= 11 is 0. The predicted molar refractivity (Wildman–Crippen MR) is 192 cm³/mol. The van der Waals surface area contributed by atoms with E-state index >= 15 is 4.39 Å². The molecular weight excluding hydrogens is 649 g/mol. The number of amides is 2. The van der Waals surface area contributed by atoms with Gasteiger partial charge in [-0.3, -0.25) is 14.3 Å². The van der Waals surface area contributed by atoms with E-state index in [0.29, 0.717) is 73.7 Å². The normalized spacial score (nSPS) is 15.1. The zero-order valence-corrected chi connectivity index (χ0v) is 28.5. The standard InChI is InChI=1S/C38H38FN9O3/c1-25-20-34-40-10-14-46(34)24-32(25)44-16-18-45(19-17-44)38(50)31-22-30-29(27-7-3-4-8-33(27)51-2)21-28(36(39)37(30)42-31)26-6-5-12-47(23-26)35(49)9-13-48-15-11-41-43-48/h3-4,6-8,10-11,14-15,20-22,24,42H,5,9,12-13,16-19,23H2,1-2H3. The highest BCUT2D eigenvalue weighted by Crippen LogP contribution is 2.40. The molecule has 0 unspecified atom stereocenters. The van der Waals surface area contributed by atoms with Crippen LogP contribution in [0.15, 0.2) is 79.5 Å². The second-order valence-electron chi connectivity index (χ2n) is 13.0. The summed E-state index contributed by atoms with van der Waals surface area (Å²) in [6, 6.07) is 13.2. The van der Waals surface area contributed by atoms with E-state index in [1.165, 1.54) is 0 Å². The van der Waals surface area contributed by atoms with Gasteiger partial charge >= 0.3 is 0 Å². The Morgan fingerprint density at radius 1 is 0.961 bits per heavy atom. The molecule has 8 rings (SSSR count). The summed E-state index contributed by atoms with van der Waals surface area (Å²) in [5.41, 5.74) is 6.33. The number of carbonyl (C=O) groups is 2. The summed E-state index contributed by atoms with van der Waals surface area (Å²) in [4.78, 5) is 40.6. The number of hydrogen-bond donors (Lipinski definition) is 1. The number of ether oxygens (including phenoxy) is 1. The monoisotopic (exact) mass is 687 g/mol. The smallest absolute Gasteiger partial charge is 0.270 e. The Labute approximate surface area is 293 Å². The van der Waals surface area contributed by atoms with Crippen molar-refractivity contribution in [1.29, 1.82) is 0 Å². The fourth-order valence-corrected chi connectivity index (χ4v) is 7.27. The van der Waals surface area contributed by atoms with Crippen LogP contribution < -0.4 is 9.64 Å². The molecule has 2 amide bonds. The molecule has 0 aliphatic carbocycles. The Morgan fingerprint density at radius 2 is 1.80 bits per heavy atom. The third-order valence-electron chi connectivity index (χ3n) is 9.97. The predicted octanol–water partition coefficient (Wildman–Crippen LogP) is 5.20. The van der Waals surface area contributed by atoms with Crippen molar-refractivity contribution in [1.82, 2.24) is 39.2 Å². The lowest BCUT2D eigenvalue weighted by atomic mass is 9.93. The van der Waals surface area contributed by atoms with Crippen molar-refractivity contribution in [3.8, 4) is 16.9 Å². The van der Waals surface area contributed by atoms with Crippen molar-refractivity contribution in [2.45, 2.75) is 26.3 Å². The van der Waals surface area contributed by atoms with Crippen LogP contribution in [0.4, 0.5) is 10.1 Å². The number of aromatic nitrogens is 6. The number of nitrogens with one attached hydrogen (secondary N) is 1. The van der Waals surface area contributed by atoms with E-state index in [-0.39, 0.29) is 30.3 Å². The molecule has 0 radical (unpaired) electrons. The van der Waals surface area contributed by atoms with E-state index in [2.05, 4.69) is 44.4 Å². The van der Waals surface area contributed by atoms with Crippen LogP contribution >= 0.6 is 0 Å². The van der Waals surface area contributed by atoms with Crippen LogP contribution in [0.1, 0.15) is 34.5 Å². The number of H-pyrrole nitrogens is 1. The van der Waals surface area contributed by atoms with Crippen molar-refractivity contribution >= 4 is 39.6 Å². The third kappa shape index (κ3) is 6.08. The Hall–Kier alpha value is -5.98. The molecule has 1 N–H and O–H groups in total. The minimum Gasteiger partial charge on any atom is -0.496 e. The first-order valence-electron chi connectivity index (χ1n) is 17.2. The van der Waals surface area contributed by atoms with Crippen LogP contribution in [-0.2, 0) is 11.3 Å². The SMILES string of the molecule is COc1ccccc1-c1cc(C2=CCCN(C(=O)CCn3ccnn3)C2)c(F)c2[nH]c(C(=O)N3CCN(c4cn5ccnc5cc4C)CC3)cc12. The summed E-state index contributed by atoms with van der Waals surface area (Å²) in [6.45, 7) is 5.70. The van der Waals surface area contributed by atoms with Crippen LogP contribution in [0.3, 0.4) is 0 Å². The van der Waals surface area contributed by atoms with Crippen molar-refractivity contribution in [2.24, 2.45) is 0 Å². The summed E-state index contributed by atoms with van der Waals surface area (Å²) in [5.74, 6) is -0.0391. The number of benzene rings is 2. The number of aromatic amines is 1.